The number of hydrogen-bond acceptors (Lipinski definition) is 4. The Balaban J connectivity index is 0.938. The van der Waals surface area contributed by atoms with Gasteiger partial charge >= 0.3 is 0 Å². The first kappa shape index (κ1) is 34.0. The average Bonchev–Trinajstić information content (AvgIpc) is 3.55. The Labute approximate surface area is 355 Å². The summed E-state index contributed by atoms with van der Waals surface area (Å²) >= 11 is 0. The van der Waals surface area contributed by atoms with Crippen molar-refractivity contribution in [2.24, 2.45) is 27.7 Å². The maximum absolute atomic E-state index is 6.80. The summed E-state index contributed by atoms with van der Waals surface area (Å²) in [6.45, 7) is 2.38. The third-order valence-electron chi connectivity index (χ3n) is 14.0. The van der Waals surface area contributed by atoms with Gasteiger partial charge in [-0.05, 0) is 64.6 Å². The molecule has 0 bridgehead atoms. The van der Waals surface area contributed by atoms with Crippen molar-refractivity contribution >= 4 is 98.8 Å². The van der Waals surface area contributed by atoms with E-state index in [-0.39, 0.29) is 17.9 Å². The Kier molecular flexibility index (Phi) is 6.93. The highest BCUT2D eigenvalue weighted by molar-refractivity contribution is 6.24. The number of fused-ring (bicyclic) bond motifs is 14. The number of rotatable bonds is 4. The lowest BCUT2D eigenvalue weighted by atomic mass is 9.94. The van der Waals surface area contributed by atoms with Gasteiger partial charge in [0, 0.05) is 54.7 Å². The fourth-order valence-corrected chi connectivity index (χ4v) is 11.0. The van der Waals surface area contributed by atoms with Gasteiger partial charge in [-0.25, -0.2) is 4.99 Å². The van der Waals surface area contributed by atoms with Gasteiger partial charge in [0.25, 0.3) is 0 Å². The first-order valence-electron chi connectivity index (χ1n) is 21.6. The van der Waals surface area contributed by atoms with E-state index in [1.807, 2.05) is 12.1 Å². The van der Waals surface area contributed by atoms with Crippen molar-refractivity contribution in [3.8, 4) is 5.69 Å². The van der Waals surface area contributed by atoms with E-state index < -0.39 is 0 Å². The highest BCUT2D eigenvalue weighted by Gasteiger charge is 2.56. The molecule has 4 heterocycles. The minimum absolute atomic E-state index is 0.102. The van der Waals surface area contributed by atoms with Crippen molar-refractivity contribution in [3.05, 3.63) is 199 Å². The molecular weight excluding hydrogens is 759 g/mol. The zero-order chi connectivity index (χ0) is 40.6. The van der Waals surface area contributed by atoms with E-state index in [9.17, 15) is 0 Å². The Morgan fingerprint density at radius 1 is 0.516 bits per heavy atom. The Bertz CT molecular complexity index is 3920. The Morgan fingerprint density at radius 2 is 1.24 bits per heavy atom. The number of furan rings is 2. The second kappa shape index (κ2) is 12.6. The molecule has 62 heavy (non-hydrogen) atoms. The van der Waals surface area contributed by atoms with Gasteiger partial charge < -0.3 is 13.4 Å². The van der Waals surface area contributed by atoms with Gasteiger partial charge in [-0.3, -0.25) is 4.99 Å². The van der Waals surface area contributed by atoms with Crippen LogP contribution in [-0.4, -0.2) is 16.1 Å². The summed E-state index contributed by atoms with van der Waals surface area (Å²) < 4.78 is 15.5. The van der Waals surface area contributed by atoms with Crippen LogP contribution in [0, 0.1) is 17.8 Å². The highest BCUT2D eigenvalue weighted by atomic mass is 16.3. The van der Waals surface area contributed by atoms with E-state index in [0.717, 1.165) is 72.2 Å². The quantitative estimate of drug-likeness (QED) is 0.178. The van der Waals surface area contributed by atoms with E-state index in [1.165, 1.54) is 48.9 Å². The standard InChI is InChI=1S/C57H37N3O2/c1-32-50-51(32)54(41-27-29-46(38-18-8-7-17-37(38)41)60-45-21-11-9-19-39(45)42-26-23-33-13-5-6-16-36(33)55(42)60)59-57(34-14-3-2-4-15-34)58-53(50)35-24-25-40-43-28-30-48-52(56(43)62-49(40)31-35)44-20-10-12-22-47(44)61-48/h2-32,50-51,53H,1H3/t32-,50?,51?,53?/m0/s1. The third-order valence-corrected chi connectivity index (χ3v) is 14.0. The summed E-state index contributed by atoms with van der Waals surface area (Å²) in [4.78, 5) is 11.2. The predicted octanol–water partition coefficient (Wildman–Crippen LogP) is 14.8. The number of aliphatic imine (C=N–C) groups is 2. The lowest BCUT2D eigenvalue weighted by molar-refractivity contribution is 0.590. The molecule has 12 aromatic rings. The van der Waals surface area contributed by atoms with Gasteiger partial charge in [-0.15, -0.1) is 0 Å². The van der Waals surface area contributed by atoms with Crippen LogP contribution in [0.25, 0.3) is 92.9 Å². The van der Waals surface area contributed by atoms with E-state index in [2.05, 4.69) is 181 Å². The molecule has 3 aromatic heterocycles. The summed E-state index contributed by atoms with van der Waals surface area (Å²) in [6, 6.07) is 65.1. The van der Waals surface area contributed by atoms with Crippen LogP contribution < -0.4 is 0 Å². The second-order valence-corrected chi connectivity index (χ2v) is 17.2. The van der Waals surface area contributed by atoms with Gasteiger partial charge in [-0.2, -0.15) is 0 Å². The van der Waals surface area contributed by atoms with Crippen LogP contribution in [0.4, 0.5) is 0 Å². The zero-order valence-corrected chi connectivity index (χ0v) is 33.8. The highest BCUT2D eigenvalue weighted by Crippen LogP contribution is 2.58. The van der Waals surface area contributed by atoms with E-state index in [0.29, 0.717) is 5.92 Å². The summed E-state index contributed by atoms with van der Waals surface area (Å²) in [5, 5.41) is 11.7. The van der Waals surface area contributed by atoms with Crippen LogP contribution in [0.3, 0.4) is 0 Å². The summed E-state index contributed by atoms with van der Waals surface area (Å²) in [6.07, 6.45) is 0. The molecule has 0 N–H and O–H groups in total. The number of aromatic nitrogens is 1. The number of amidine groups is 1. The van der Waals surface area contributed by atoms with Crippen LogP contribution in [-0.2, 0) is 0 Å². The predicted molar refractivity (Wildman–Crippen MR) is 255 cm³/mol. The molecule has 4 atom stereocenters. The van der Waals surface area contributed by atoms with E-state index in [1.54, 1.807) is 0 Å². The van der Waals surface area contributed by atoms with Crippen molar-refractivity contribution in [3.63, 3.8) is 0 Å². The minimum Gasteiger partial charge on any atom is -0.456 e. The minimum atomic E-state index is -0.102. The van der Waals surface area contributed by atoms with Gasteiger partial charge in [0.2, 0.25) is 0 Å². The Hall–Kier alpha value is -7.76. The van der Waals surface area contributed by atoms with E-state index in [4.69, 9.17) is 18.8 Å². The van der Waals surface area contributed by atoms with Gasteiger partial charge in [0.1, 0.15) is 22.3 Å². The van der Waals surface area contributed by atoms with Crippen LogP contribution in [0.5, 0.6) is 0 Å². The van der Waals surface area contributed by atoms with Crippen LogP contribution in [0.2, 0.25) is 0 Å². The van der Waals surface area contributed by atoms with Gasteiger partial charge in [0.05, 0.1) is 33.9 Å². The number of nitrogens with zero attached hydrogens (tertiary/aromatic N) is 3. The molecule has 292 valence electrons. The average molecular weight is 796 g/mol. The first-order chi connectivity index (χ1) is 30.7. The number of para-hydroxylation sites is 2. The molecule has 5 heteroatoms. The molecule has 0 amide bonds. The summed E-state index contributed by atoms with van der Waals surface area (Å²) in [7, 11) is 0. The molecule has 3 unspecified atom stereocenters. The van der Waals surface area contributed by atoms with E-state index >= 15 is 0 Å². The molecule has 1 aliphatic carbocycles. The van der Waals surface area contributed by atoms with Crippen LogP contribution in [0.1, 0.15) is 29.7 Å². The molecule has 1 aliphatic heterocycles. The topological polar surface area (TPSA) is 55.9 Å². The van der Waals surface area contributed by atoms with Crippen LogP contribution >= 0.6 is 0 Å². The maximum atomic E-state index is 6.80. The molecule has 14 rings (SSSR count). The molecule has 0 saturated heterocycles. The number of hydrogen-bond donors (Lipinski definition) is 0. The maximum Gasteiger partial charge on any atom is 0.155 e. The Morgan fingerprint density at radius 3 is 2.13 bits per heavy atom. The first-order valence-corrected chi connectivity index (χ1v) is 21.6. The molecule has 0 radical (unpaired) electrons. The second-order valence-electron chi connectivity index (χ2n) is 17.2. The largest absolute Gasteiger partial charge is 0.456 e. The number of benzene rings is 9. The van der Waals surface area contributed by atoms with Gasteiger partial charge in [-0.1, -0.05) is 153 Å². The summed E-state index contributed by atoms with van der Waals surface area (Å²) in [5.41, 5.74) is 11.5. The molecule has 1 saturated carbocycles. The molecule has 0 spiro atoms. The van der Waals surface area contributed by atoms with Crippen molar-refractivity contribution in [1.82, 2.24) is 4.57 Å². The smallest absolute Gasteiger partial charge is 0.155 e. The lowest BCUT2D eigenvalue weighted by Gasteiger charge is -2.17. The lowest BCUT2D eigenvalue weighted by Crippen LogP contribution is -2.11. The SMILES string of the molecule is C[C@@H]1C2C(c3ccc(-n4c5ccccc5c5ccc6ccccc6c54)c4ccccc34)=NC(c3ccccc3)=NC(c3ccc4c(c3)oc3c4ccc4oc5ccccc5c43)C21. The fourth-order valence-electron chi connectivity index (χ4n) is 11.0. The molecule has 1 fully saturated rings. The zero-order valence-electron chi connectivity index (χ0n) is 33.8. The van der Waals surface area contributed by atoms with Crippen molar-refractivity contribution in [2.75, 3.05) is 0 Å². The molecular formula is C57H37N3O2. The van der Waals surface area contributed by atoms with Crippen molar-refractivity contribution < 1.29 is 8.83 Å². The van der Waals surface area contributed by atoms with Gasteiger partial charge in [0.15, 0.2) is 5.84 Å². The molecule has 2 aliphatic rings. The fraction of sp³-hybridized carbons (Fsp3) is 0.0877. The normalized spacial score (nSPS) is 18.9. The third kappa shape index (κ3) is 4.73. The molecule has 5 nitrogen and oxygen atoms in total. The van der Waals surface area contributed by atoms with Crippen molar-refractivity contribution in [1.29, 1.82) is 0 Å². The summed E-state index contributed by atoms with van der Waals surface area (Å²) in [5.74, 6) is 1.64. The molecule has 9 aromatic carbocycles. The monoisotopic (exact) mass is 795 g/mol. The van der Waals surface area contributed by atoms with Crippen LogP contribution in [0.15, 0.2) is 201 Å². The van der Waals surface area contributed by atoms with Crippen molar-refractivity contribution in [2.45, 2.75) is 13.0 Å².